The molecule has 2 nitrogen and oxygen atoms in total. The molecule has 0 aromatic heterocycles. The molecule has 1 fully saturated rings. The van der Waals surface area contributed by atoms with E-state index < -0.39 is 6.10 Å². The third kappa shape index (κ3) is 3.77. The molecule has 0 bridgehead atoms. The highest BCUT2D eigenvalue weighted by Gasteiger charge is 2.27. The van der Waals surface area contributed by atoms with Crippen LogP contribution in [-0.2, 0) is 0 Å². The lowest BCUT2D eigenvalue weighted by molar-refractivity contribution is 0.145. The normalized spacial score (nSPS) is 29.2. The number of aliphatic hydroxyl groups is 1. The van der Waals surface area contributed by atoms with Crippen LogP contribution in [0.2, 0.25) is 0 Å². The lowest BCUT2D eigenvalue weighted by atomic mass is 9.78. The van der Waals surface area contributed by atoms with Crippen LogP contribution in [0.1, 0.15) is 44.8 Å². The van der Waals surface area contributed by atoms with Gasteiger partial charge in [0.05, 0.1) is 6.10 Å². The molecule has 1 saturated carbocycles. The summed E-state index contributed by atoms with van der Waals surface area (Å²) in [6.07, 6.45) is 3.18. The zero-order valence-electron chi connectivity index (χ0n) is 11.8. The Hall–Kier alpha value is -0.930. The number of halogens is 1. The van der Waals surface area contributed by atoms with Crippen molar-refractivity contribution in [3.05, 3.63) is 35.6 Å². The minimum Gasteiger partial charge on any atom is -0.387 e. The third-order valence-electron chi connectivity index (χ3n) is 4.54. The van der Waals surface area contributed by atoms with Crippen molar-refractivity contribution in [1.29, 1.82) is 0 Å². The van der Waals surface area contributed by atoms with Crippen LogP contribution < -0.4 is 5.32 Å². The Morgan fingerprint density at radius 2 is 1.95 bits per heavy atom. The van der Waals surface area contributed by atoms with Gasteiger partial charge >= 0.3 is 0 Å². The molecule has 2 N–H and O–H groups in total. The van der Waals surface area contributed by atoms with Gasteiger partial charge in [-0.25, -0.2) is 4.39 Å². The van der Waals surface area contributed by atoms with Gasteiger partial charge < -0.3 is 10.4 Å². The maximum absolute atomic E-state index is 12.8. The molecule has 19 heavy (non-hydrogen) atoms. The van der Waals surface area contributed by atoms with Crippen LogP contribution in [0.4, 0.5) is 4.39 Å². The summed E-state index contributed by atoms with van der Waals surface area (Å²) in [7, 11) is 0. The van der Waals surface area contributed by atoms with Crippen LogP contribution in [0.5, 0.6) is 0 Å². The van der Waals surface area contributed by atoms with Crippen LogP contribution in [0, 0.1) is 17.7 Å². The van der Waals surface area contributed by atoms with E-state index >= 15 is 0 Å². The lowest BCUT2D eigenvalue weighted by Gasteiger charge is -2.35. The fourth-order valence-corrected chi connectivity index (χ4v) is 2.94. The molecule has 1 aliphatic rings. The Bertz CT molecular complexity index is 392. The van der Waals surface area contributed by atoms with E-state index in [0.717, 1.165) is 11.5 Å². The Morgan fingerprint density at radius 3 is 2.63 bits per heavy atom. The maximum atomic E-state index is 12.8. The number of rotatable bonds is 4. The Labute approximate surface area is 115 Å². The predicted octanol–water partition coefficient (Wildman–Crippen LogP) is 3.27. The molecule has 0 spiro atoms. The molecule has 4 atom stereocenters. The lowest BCUT2D eigenvalue weighted by Crippen LogP contribution is -2.42. The molecular formula is C16H24FNO. The van der Waals surface area contributed by atoms with E-state index in [9.17, 15) is 9.50 Å². The summed E-state index contributed by atoms with van der Waals surface area (Å²) in [4.78, 5) is 0. The summed E-state index contributed by atoms with van der Waals surface area (Å²) in [5.41, 5.74) is 0.769. The highest BCUT2D eigenvalue weighted by Crippen LogP contribution is 2.29. The molecule has 3 heteroatoms. The highest BCUT2D eigenvalue weighted by atomic mass is 19.1. The molecule has 0 aliphatic heterocycles. The minimum atomic E-state index is -0.565. The Morgan fingerprint density at radius 1 is 1.26 bits per heavy atom. The van der Waals surface area contributed by atoms with Crippen LogP contribution in [-0.4, -0.2) is 17.7 Å². The summed E-state index contributed by atoms with van der Waals surface area (Å²) in [5.74, 6) is 1.13. The number of aliphatic hydroxyl groups excluding tert-OH is 1. The van der Waals surface area contributed by atoms with Gasteiger partial charge in [-0.15, -0.1) is 0 Å². The molecule has 0 saturated heterocycles. The van der Waals surface area contributed by atoms with Crippen LogP contribution in [0.3, 0.4) is 0 Å². The van der Waals surface area contributed by atoms with E-state index in [1.165, 1.54) is 31.4 Å². The molecule has 0 radical (unpaired) electrons. The number of hydrogen-bond acceptors (Lipinski definition) is 2. The van der Waals surface area contributed by atoms with E-state index in [1.807, 2.05) is 0 Å². The van der Waals surface area contributed by atoms with Gasteiger partial charge in [0.15, 0.2) is 0 Å². The van der Waals surface area contributed by atoms with Crippen LogP contribution in [0.15, 0.2) is 24.3 Å². The van der Waals surface area contributed by atoms with E-state index in [1.54, 1.807) is 12.1 Å². The van der Waals surface area contributed by atoms with Crippen molar-refractivity contribution in [3.8, 4) is 0 Å². The second-order valence-electron chi connectivity index (χ2n) is 5.85. The molecule has 1 aliphatic carbocycles. The van der Waals surface area contributed by atoms with Gasteiger partial charge in [-0.1, -0.05) is 38.8 Å². The topological polar surface area (TPSA) is 32.3 Å². The first-order valence-corrected chi connectivity index (χ1v) is 7.25. The van der Waals surface area contributed by atoms with Crippen molar-refractivity contribution in [2.45, 2.75) is 45.3 Å². The number of hydrogen-bond donors (Lipinski definition) is 2. The van der Waals surface area contributed by atoms with E-state index in [0.29, 0.717) is 18.5 Å². The molecule has 2 rings (SSSR count). The van der Waals surface area contributed by atoms with Crippen LogP contribution in [0.25, 0.3) is 0 Å². The molecule has 0 amide bonds. The summed E-state index contributed by atoms with van der Waals surface area (Å²) >= 11 is 0. The second-order valence-corrected chi connectivity index (χ2v) is 5.85. The van der Waals surface area contributed by atoms with E-state index in [2.05, 4.69) is 19.2 Å². The largest absolute Gasteiger partial charge is 0.387 e. The van der Waals surface area contributed by atoms with Crippen molar-refractivity contribution in [3.63, 3.8) is 0 Å². The average Bonchev–Trinajstić information content (AvgIpc) is 2.41. The third-order valence-corrected chi connectivity index (χ3v) is 4.54. The SMILES string of the molecule is CC1CCCC(NCC(O)c2ccc(F)cc2)C1C. The fourth-order valence-electron chi connectivity index (χ4n) is 2.94. The number of nitrogens with one attached hydrogen (secondary N) is 1. The Kier molecular flexibility index (Phi) is 4.94. The maximum Gasteiger partial charge on any atom is 0.123 e. The summed E-state index contributed by atoms with van der Waals surface area (Å²) < 4.78 is 12.8. The van der Waals surface area contributed by atoms with Crippen LogP contribution >= 0.6 is 0 Å². The monoisotopic (exact) mass is 265 g/mol. The van der Waals surface area contributed by atoms with Gasteiger partial charge in [0.25, 0.3) is 0 Å². The average molecular weight is 265 g/mol. The van der Waals surface area contributed by atoms with E-state index in [4.69, 9.17) is 0 Å². The van der Waals surface area contributed by atoms with Crippen molar-refractivity contribution in [1.82, 2.24) is 5.32 Å². The Balaban J connectivity index is 1.86. The standard InChI is InChI=1S/C16H24FNO/c1-11-4-3-5-15(12(11)2)18-10-16(19)13-6-8-14(17)9-7-13/h6-9,11-12,15-16,18-19H,3-5,10H2,1-2H3. The van der Waals surface area contributed by atoms with Gasteiger partial charge in [-0.2, -0.15) is 0 Å². The fraction of sp³-hybridized carbons (Fsp3) is 0.625. The molecule has 0 heterocycles. The van der Waals surface area contributed by atoms with Crippen molar-refractivity contribution < 1.29 is 9.50 Å². The highest BCUT2D eigenvalue weighted by molar-refractivity contribution is 5.18. The first-order chi connectivity index (χ1) is 9.08. The molecule has 1 aromatic carbocycles. The van der Waals surface area contributed by atoms with Crippen molar-refractivity contribution in [2.75, 3.05) is 6.54 Å². The summed E-state index contributed by atoms with van der Waals surface area (Å²) in [6, 6.07) is 6.57. The molecule has 106 valence electrons. The quantitative estimate of drug-likeness (QED) is 0.875. The zero-order chi connectivity index (χ0) is 13.8. The summed E-state index contributed by atoms with van der Waals surface area (Å²) in [5, 5.41) is 13.6. The smallest absolute Gasteiger partial charge is 0.123 e. The zero-order valence-corrected chi connectivity index (χ0v) is 11.8. The van der Waals surface area contributed by atoms with Gasteiger partial charge in [-0.3, -0.25) is 0 Å². The van der Waals surface area contributed by atoms with Crippen molar-refractivity contribution in [2.24, 2.45) is 11.8 Å². The predicted molar refractivity (Wildman–Crippen MR) is 75.3 cm³/mol. The van der Waals surface area contributed by atoms with Crippen molar-refractivity contribution >= 4 is 0 Å². The molecule has 1 aromatic rings. The summed E-state index contributed by atoms with van der Waals surface area (Å²) in [6.45, 7) is 5.12. The minimum absolute atomic E-state index is 0.265. The molecular weight excluding hydrogens is 241 g/mol. The van der Waals surface area contributed by atoms with Gasteiger partial charge in [0.1, 0.15) is 5.82 Å². The van der Waals surface area contributed by atoms with Gasteiger partial charge in [0, 0.05) is 12.6 Å². The second kappa shape index (κ2) is 6.49. The number of benzene rings is 1. The first kappa shape index (κ1) is 14.5. The van der Waals surface area contributed by atoms with Gasteiger partial charge in [-0.05, 0) is 36.0 Å². The van der Waals surface area contributed by atoms with Gasteiger partial charge in [0.2, 0.25) is 0 Å². The first-order valence-electron chi connectivity index (χ1n) is 7.25. The van der Waals surface area contributed by atoms with E-state index in [-0.39, 0.29) is 5.82 Å². The molecule has 4 unspecified atom stereocenters.